The fourth-order valence-electron chi connectivity index (χ4n) is 1.31. The van der Waals surface area contributed by atoms with Gasteiger partial charge in [-0.3, -0.25) is 0 Å². The smallest absolute Gasteiger partial charge is 0.0390 e. The Hall–Kier alpha value is -0.980. The first-order valence-electron chi connectivity index (χ1n) is 3.96. The van der Waals surface area contributed by atoms with Crippen LogP contribution in [0.1, 0.15) is 12.8 Å². The molecule has 60 valence electrons. The molecule has 0 fully saturated rings. The summed E-state index contributed by atoms with van der Waals surface area (Å²) in [6.45, 7) is 3.78. The molecule has 0 saturated heterocycles. The van der Waals surface area contributed by atoms with Crippen LogP contribution in [0, 0.1) is 0 Å². The summed E-state index contributed by atoms with van der Waals surface area (Å²) in [6, 6.07) is 0. The highest BCUT2D eigenvalue weighted by Gasteiger charge is 2.06. The molecule has 0 bridgehead atoms. The van der Waals surface area contributed by atoms with Crippen molar-refractivity contribution in [3.63, 3.8) is 0 Å². The molecule has 0 spiro atoms. The summed E-state index contributed by atoms with van der Waals surface area (Å²) in [6.07, 6.45) is 8.73. The van der Waals surface area contributed by atoms with Crippen LogP contribution >= 0.6 is 0 Å². The zero-order valence-corrected chi connectivity index (χ0v) is 7.30. The van der Waals surface area contributed by atoms with Crippen molar-refractivity contribution in [2.75, 3.05) is 14.1 Å². The van der Waals surface area contributed by atoms with Crippen LogP contribution in [0.15, 0.2) is 36.1 Å². The summed E-state index contributed by atoms with van der Waals surface area (Å²) in [5.41, 5.74) is 2.56. The number of nitrogens with zero attached hydrogens (tertiary/aromatic N) is 1. The van der Waals surface area contributed by atoms with Crippen molar-refractivity contribution < 1.29 is 0 Å². The Morgan fingerprint density at radius 2 is 2.00 bits per heavy atom. The Balaban J connectivity index is 2.83. The second-order valence-electron chi connectivity index (χ2n) is 2.92. The highest BCUT2D eigenvalue weighted by atomic mass is 15.1. The lowest BCUT2D eigenvalue weighted by atomic mass is 10.0. The van der Waals surface area contributed by atoms with Crippen molar-refractivity contribution in [3.8, 4) is 0 Å². The summed E-state index contributed by atoms with van der Waals surface area (Å²) in [7, 11) is 4.13. The van der Waals surface area contributed by atoms with E-state index in [-0.39, 0.29) is 0 Å². The van der Waals surface area contributed by atoms with E-state index in [2.05, 4.69) is 37.7 Å². The van der Waals surface area contributed by atoms with Gasteiger partial charge in [0, 0.05) is 19.8 Å². The largest absolute Gasteiger partial charge is 0.377 e. The molecule has 0 aromatic heterocycles. The zero-order valence-electron chi connectivity index (χ0n) is 7.30. The molecule has 0 saturated carbocycles. The topological polar surface area (TPSA) is 3.24 Å². The molecule has 1 aliphatic carbocycles. The lowest BCUT2D eigenvalue weighted by Gasteiger charge is -2.20. The Labute approximate surface area is 68.7 Å². The van der Waals surface area contributed by atoms with E-state index < -0.39 is 0 Å². The van der Waals surface area contributed by atoms with Crippen molar-refractivity contribution in [2.24, 2.45) is 0 Å². The van der Waals surface area contributed by atoms with E-state index >= 15 is 0 Å². The Kier molecular flexibility index (Phi) is 2.53. The number of likely N-dealkylation sites (N-methyl/N-ethyl adjacent to an activating group) is 1. The Morgan fingerprint density at radius 1 is 1.36 bits per heavy atom. The van der Waals surface area contributed by atoms with E-state index in [1.54, 1.807) is 0 Å². The van der Waals surface area contributed by atoms with Crippen molar-refractivity contribution in [1.29, 1.82) is 0 Å². The van der Waals surface area contributed by atoms with Gasteiger partial charge in [0.25, 0.3) is 0 Å². The van der Waals surface area contributed by atoms with Gasteiger partial charge in [0.1, 0.15) is 0 Å². The molecular formula is C10H15N. The van der Waals surface area contributed by atoms with E-state index in [1.165, 1.54) is 11.3 Å². The third-order valence-electron chi connectivity index (χ3n) is 1.87. The minimum atomic E-state index is 1.15. The van der Waals surface area contributed by atoms with Gasteiger partial charge in [-0.1, -0.05) is 24.8 Å². The second kappa shape index (κ2) is 3.42. The van der Waals surface area contributed by atoms with Crippen LogP contribution in [0.5, 0.6) is 0 Å². The maximum Gasteiger partial charge on any atom is 0.0390 e. The number of hydrogen-bond donors (Lipinski definition) is 0. The average Bonchev–Trinajstić information content (AvgIpc) is 2.04. The minimum absolute atomic E-state index is 1.15. The van der Waals surface area contributed by atoms with Gasteiger partial charge in [0.15, 0.2) is 0 Å². The van der Waals surface area contributed by atoms with Crippen LogP contribution in [0.25, 0.3) is 0 Å². The van der Waals surface area contributed by atoms with Gasteiger partial charge in [-0.05, 0) is 18.4 Å². The first kappa shape index (κ1) is 8.12. The van der Waals surface area contributed by atoms with Gasteiger partial charge in [-0.2, -0.15) is 0 Å². The lowest BCUT2D eigenvalue weighted by molar-refractivity contribution is 0.518. The molecule has 0 amide bonds. The molecule has 1 rings (SSSR count). The molecule has 0 aromatic carbocycles. The zero-order chi connectivity index (χ0) is 8.27. The first-order valence-corrected chi connectivity index (χ1v) is 3.96. The maximum absolute atomic E-state index is 3.78. The van der Waals surface area contributed by atoms with Crippen molar-refractivity contribution in [2.45, 2.75) is 12.8 Å². The summed E-state index contributed by atoms with van der Waals surface area (Å²) in [5, 5.41) is 0. The van der Waals surface area contributed by atoms with Crippen LogP contribution in [0.2, 0.25) is 0 Å². The molecule has 1 nitrogen and oxygen atoms in total. The summed E-state index contributed by atoms with van der Waals surface area (Å²) in [4.78, 5) is 2.13. The molecule has 11 heavy (non-hydrogen) atoms. The van der Waals surface area contributed by atoms with E-state index in [1.807, 2.05) is 6.08 Å². The standard InChI is InChI=1S/C10H15N/c1-4-9-7-5-6-8-10(9)11(2)3/h4,7-8H,1,5-6H2,2-3H3. The lowest BCUT2D eigenvalue weighted by Crippen LogP contribution is -2.13. The summed E-state index contributed by atoms with van der Waals surface area (Å²) < 4.78 is 0. The SMILES string of the molecule is C=CC1=CCCC=C1N(C)C. The maximum atomic E-state index is 3.78. The quantitative estimate of drug-likeness (QED) is 0.582. The van der Waals surface area contributed by atoms with E-state index in [0.717, 1.165) is 12.8 Å². The summed E-state index contributed by atoms with van der Waals surface area (Å²) in [5.74, 6) is 0. The third kappa shape index (κ3) is 1.73. The fourth-order valence-corrected chi connectivity index (χ4v) is 1.31. The number of allylic oxidation sites excluding steroid dienone is 3. The van der Waals surface area contributed by atoms with Gasteiger partial charge in [0.05, 0.1) is 0 Å². The number of hydrogen-bond acceptors (Lipinski definition) is 1. The van der Waals surface area contributed by atoms with E-state index in [4.69, 9.17) is 0 Å². The molecule has 0 atom stereocenters. The molecule has 1 heteroatoms. The van der Waals surface area contributed by atoms with Gasteiger partial charge in [-0.25, -0.2) is 0 Å². The third-order valence-corrected chi connectivity index (χ3v) is 1.87. The summed E-state index contributed by atoms with van der Waals surface area (Å²) >= 11 is 0. The monoisotopic (exact) mass is 149 g/mol. The molecule has 0 radical (unpaired) electrons. The van der Waals surface area contributed by atoms with Crippen LogP contribution in [0.3, 0.4) is 0 Å². The van der Waals surface area contributed by atoms with Crippen LogP contribution < -0.4 is 0 Å². The van der Waals surface area contributed by atoms with Crippen LogP contribution in [-0.2, 0) is 0 Å². The molecule has 0 aromatic rings. The second-order valence-corrected chi connectivity index (χ2v) is 2.92. The first-order chi connectivity index (χ1) is 5.25. The highest BCUT2D eigenvalue weighted by Crippen LogP contribution is 2.20. The normalized spacial score (nSPS) is 16.9. The van der Waals surface area contributed by atoms with E-state index in [9.17, 15) is 0 Å². The Bertz CT molecular complexity index is 209. The minimum Gasteiger partial charge on any atom is -0.377 e. The molecule has 0 N–H and O–H groups in total. The fraction of sp³-hybridized carbons (Fsp3) is 0.400. The molecule has 0 aliphatic heterocycles. The van der Waals surface area contributed by atoms with Gasteiger partial charge < -0.3 is 4.90 Å². The van der Waals surface area contributed by atoms with Crippen LogP contribution in [-0.4, -0.2) is 19.0 Å². The van der Waals surface area contributed by atoms with Gasteiger partial charge in [-0.15, -0.1) is 0 Å². The van der Waals surface area contributed by atoms with Crippen molar-refractivity contribution in [3.05, 3.63) is 36.1 Å². The van der Waals surface area contributed by atoms with Crippen molar-refractivity contribution in [1.82, 2.24) is 4.90 Å². The molecule has 0 unspecified atom stereocenters. The highest BCUT2D eigenvalue weighted by molar-refractivity contribution is 5.39. The number of rotatable bonds is 2. The van der Waals surface area contributed by atoms with Gasteiger partial charge >= 0.3 is 0 Å². The predicted molar refractivity (Wildman–Crippen MR) is 49.3 cm³/mol. The van der Waals surface area contributed by atoms with Crippen molar-refractivity contribution >= 4 is 0 Å². The Morgan fingerprint density at radius 3 is 2.45 bits per heavy atom. The van der Waals surface area contributed by atoms with E-state index in [0.29, 0.717) is 0 Å². The molecule has 0 heterocycles. The molecule has 1 aliphatic rings. The van der Waals surface area contributed by atoms with Gasteiger partial charge in [0.2, 0.25) is 0 Å². The van der Waals surface area contributed by atoms with Crippen LogP contribution in [0.4, 0.5) is 0 Å². The average molecular weight is 149 g/mol. The predicted octanol–water partition coefficient (Wildman–Crippen LogP) is 2.34. The molecular weight excluding hydrogens is 134 g/mol.